The van der Waals surface area contributed by atoms with Gasteiger partial charge in [0.05, 0.1) is 24.9 Å². The highest BCUT2D eigenvalue weighted by Gasteiger charge is 2.30. The molecule has 0 spiro atoms. The molecule has 2 heterocycles. The van der Waals surface area contributed by atoms with Crippen molar-refractivity contribution in [2.45, 2.75) is 31.4 Å². The Bertz CT molecular complexity index is 617. The molecule has 3 rings (SSSR count). The first-order valence-corrected chi connectivity index (χ1v) is 10.1. The summed E-state index contributed by atoms with van der Waals surface area (Å²) in [6.45, 7) is 7.92. The number of guanidine groups is 1. The Hall–Kier alpha value is -0.610. The van der Waals surface area contributed by atoms with Crippen molar-refractivity contribution in [2.75, 3.05) is 53.0 Å². The molecule has 0 saturated carbocycles. The van der Waals surface area contributed by atoms with Crippen molar-refractivity contribution >= 4 is 41.5 Å². The zero-order valence-corrected chi connectivity index (χ0v) is 19.8. The summed E-state index contributed by atoms with van der Waals surface area (Å²) in [5.41, 5.74) is 1.15. The maximum Gasteiger partial charge on any atom is 0.191 e. The Morgan fingerprint density at radius 2 is 1.93 bits per heavy atom. The molecule has 2 atom stereocenters. The van der Waals surface area contributed by atoms with Crippen LogP contribution in [-0.2, 0) is 9.47 Å². The fraction of sp³-hybridized carbons (Fsp3) is 0.650. The maximum absolute atomic E-state index is 6.08. The summed E-state index contributed by atoms with van der Waals surface area (Å²) < 4.78 is 11.4. The normalized spacial score (nSPS) is 24.5. The van der Waals surface area contributed by atoms with E-state index in [1.165, 1.54) is 5.56 Å². The topological polar surface area (TPSA) is 58.1 Å². The van der Waals surface area contributed by atoms with Gasteiger partial charge in [0.15, 0.2) is 5.96 Å². The first kappa shape index (κ1) is 23.7. The number of nitrogens with zero attached hydrogens (tertiary/aromatic N) is 2. The van der Waals surface area contributed by atoms with Gasteiger partial charge in [0.2, 0.25) is 0 Å². The van der Waals surface area contributed by atoms with Crippen molar-refractivity contribution in [1.29, 1.82) is 0 Å². The second-order valence-corrected chi connectivity index (χ2v) is 7.86. The number of nitrogens with one attached hydrogen (secondary N) is 2. The van der Waals surface area contributed by atoms with Gasteiger partial charge in [-0.25, -0.2) is 0 Å². The number of ether oxygens (including phenoxy) is 2. The van der Waals surface area contributed by atoms with Crippen molar-refractivity contribution in [3.63, 3.8) is 0 Å². The standard InChI is InChI=1S/C20H31ClN4O2.HI/c1-20(8-3-11-27-20)15-24-19(22-2)23-14-18(25-9-12-26-13-10-25)16-4-6-17(21)7-5-16;/h4-7,18H,3,8-15H2,1-2H3,(H2,22,23,24);1H. The summed E-state index contributed by atoms with van der Waals surface area (Å²) in [5.74, 6) is 0.805. The largest absolute Gasteiger partial charge is 0.379 e. The van der Waals surface area contributed by atoms with Crippen LogP contribution in [-0.4, -0.2) is 69.5 Å². The molecule has 0 radical (unpaired) electrons. The van der Waals surface area contributed by atoms with E-state index in [1.807, 2.05) is 12.1 Å². The number of aliphatic imine (C=N–C) groups is 1. The van der Waals surface area contributed by atoms with E-state index in [2.05, 4.69) is 39.6 Å². The van der Waals surface area contributed by atoms with Crippen molar-refractivity contribution in [2.24, 2.45) is 4.99 Å². The lowest BCUT2D eigenvalue weighted by Crippen LogP contribution is -2.49. The van der Waals surface area contributed by atoms with E-state index in [0.29, 0.717) is 0 Å². The van der Waals surface area contributed by atoms with E-state index in [9.17, 15) is 0 Å². The van der Waals surface area contributed by atoms with Crippen LogP contribution in [0.2, 0.25) is 5.02 Å². The minimum absolute atomic E-state index is 0. The molecular weight excluding hydrogens is 491 g/mol. The first-order valence-electron chi connectivity index (χ1n) is 9.75. The van der Waals surface area contributed by atoms with Gasteiger partial charge in [-0.2, -0.15) is 0 Å². The third kappa shape index (κ3) is 6.73. The molecule has 8 heteroatoms. The summed E-state index contributed by atoms with van der Waals surface area (Å²) in [7, 11) is 1.80. The van der Waals surface area contributed by atoms with Gasteiger partial charge in [-0.1, -0.05) is 23.7 Å². The van der Waals surface area contributed by atoms with Crippen molar-refractivity contribution in [3.05, 3.63) is 34.9 Å². The molecule has 158 valence electrons. The molecule has 28 heavy (non-hydrogen) atoms. The molecule has 2 aliphatic rings. The lowest BCUT2D eigenvalue weighted by atomic mass is 10.0. The van der Waals surface area contributed by atoms with Crippen molar-refractivity contribution in [3.8, 4) is 0 Å². The van der Waals surface area contributed by atoms with Gasteiger partial charge in [-0.3, -0.25) is 9.89 Å². The molecule has 0 bridgehead atoms. The average molecular weight is 523 g/mol. The van der Waals surface area contributed by atoms with Crippen LogP contribution in [0.15, 0.2) is 29.3 Å². The van der Waals surface area contributed by atoms with Gasteiger partial charge in [0.1, 0.15) is 0 Å². The Morgan fingerprint density at radius 1 is 1.21 bits per heavy atom. The number of morpholine rings is 1. The molecule has 2 unspecified atom stereocenters. The number of halogens is 2. The summed E-state index contributed by atoms with van der Waals surface area (Å²) in [6, 6.07) is 8.36. The minimum atomic E-state index is -0.0998. The molecule has 0 aliphatic carbocycles. The van der Waals surface area contributed by atoms with Crippen molar-refractivity contribution < 1.29 is 9.47 Å². The highest BCUT2D eigenvalue weighted by Crippen LogP contribution is 2.24. The maximum atomic E-state index is 6.08. The number of hydrogen-bond acceptors (Lipinski definition) is 4. The summed E-state index contributed by atoms with van der Waals surface area (Å²) in [6.07, 6.45) is 2.21. The lowest BCUT2D eigenvalue weighted by molar-refractivity contribution is 0.0167. The molecule has 1 aromatic carbocycles. The van der Waals surface area contributed by atoms with Gasteiger partial charge >= 0.3 is 0 Å². The van der Waals surface area contributed by atoms with Crippen LogP contribution < -0.4 is 10.6 Å². The Morgan fingerprint density at radius 3 is 2.54 bits per heavy atom. The van der Waals surface area contributed by atoms with E-state index >= 15 is 0 Å². The zero-order chi connectivity index (χ0) is 19.1. The van der Waals surface area contributed by atoms with E-state index in [4.69, 9.17) is 21.1 Å². The fourth-order valence-corrected chi connectivity index (χ4v) is 3.82. The summed E-state index contributed by atoms with van der Waals surface area (Å²) in [4.78, 5) is 6.83. The van der Waals surface area contributed by atoms with E-state index in [1.54, 1.807) is 7.05 Å². The second kappa shape index (κ2) is 11.5. The van der Waals surface area contributed by atoms with Crippen LogP contribution in [0.5, 0.6) is 0 Å². The van der Waals surface area contributed by atoms with Crippen LogP contribution in [0, 0.1) is 0 Å². The molecule has 0 amide bonds. The smallest absolute Gasteiger partial charge is 0.191 e. The number of rotatable bonds is 6. The van der Waals surface area contributed by atoms with Crippen LogP contribution in [0.1, 0.15) is 31.4 Å². The Kier molecular flexibility index (Phi) is 9.76. The van der Waals surface area contributed by atoms with Crippen LogP contribution in [0.4, 0.5) is 0 Å². The van der Waals surface area contributed by atoms with E-state index in [-0.39, 0.29) is 35.6 Å². The summed E-state index contributed by atoms with van der Waals surface area (Å²) >= 11 is 6.08. The predicted octanol–water partition coefficient (Wildman–Crippen LogP) is 3.07. The molecule has 2 aliphatic heterocycles. The second-order valence-electron chi connectivity index (χ2n) is 7.42. The molecular formula is C20H32ClIN4O2. The molecule has 6 nitrogen and oxygen atoms in total. The third-order valence-corrected chi connectivity index (χ3v) is 5.61. The number of benzene rings is 1. The van der Waals surface area contributed by atoms with Gasteiger partial charge in [-0.05, 0) is 37.5 Å². The average Bonchev–Trinajstić information content (AvgIpc) is 3.13. The van der Waals surface area contributed by atoms with Crippen molar-refractivity contribution in [1.82, 2.24) is 15.5 Å². The Labute approximate surface area is 190 Å². The molecule has 1 aromatic rings. The first-order chi connectivity index (χ1) is 13.1. The van der Waals surface area contributed by atoms with Gasteiger partial charge < -0.3 is 20.1 Å². The fourth-order valence-electron chi connectivity index (χ4n) is 3.69. The van der Waals surface area contributed by atoms with Crippen LogP contribution >= 0.6 is 35.6 Å². The molecule has 2 N–H and O–H groups in total. The van der Waals surface area contributed by atoms with Gasteiger partial charge in [-0.15, -0.1) is 24.0 Å². The van der Waals surface area contributed by atoms with Crippen LogP contribution in [0.3, 0.4) is 0 Å². The Balaban J connectivity index is 0.00000280. The molecule has 2 fully saturated rings. The number of hydrogen-bond donors (Lipinski definition) is 2. The van der Waals surface area contributed by atoms with E-state index in [0.717, 1.165) is 69.8 Å². The third-order valence-electron chi connectivity index (χ3n) is 5.36. The lowest BCUT2D eigenvalue weighted by Gasteiger charge is -2.35. The highest BCUT2D eigenvalue weighted by molar-refractivity contribution is 14.0. The predicted molar refractivity (Wildman–Crippen MR) is 125 cm³/mol. The monoisotopic (exact) mass is 522 g/mol. The van der Waals surface area contributed by atoms with Gasteiger partial charge in [0.25, 0.3) is 0 Å². The zero-order valence-electron chi connectivity index (χ0n) is 16.7. The highest BCUT2D eigenvalue weighted by atomic mass is 127. The van der Waals surface area contributed by atoms with Crippen LogP contribution in [0.25, 0.3) is 0 Å². The van der Waals surface area contributed by atoms with Gasteiger partial charge in [0, 0.05) is 44.9 Å². The van der Waals surface area contributed by atoms with E-state index < -0.39 is 0 Å². The SMILES string of the molecule is CN=C(NCC(c1ccc(Cl)cc1)N1CCOCC1)NCC1(C)CCCO1.I. The minimum Gasteiger partial charge on any atom is -0.379 e. The summed E-state index contributed by atoms with van der Waals surface area (Å²) in [5, 5.41) is 7.67. The molecule has 0 aromatic heterocycles. The molecule has 2 saturated heterocycles. The quantitative estimate of drug-likeness (QED) is 0.342.